The molecule has 1 aliphatic rings. The minimum Gasteiger partial charge on any atom is -0.453 e. The monoisotopic (exact) mass is 420 g/mol. The molecule has 1 saturated heterocycles. The van der Waals surface area contributed by atoms with Crippen LogP contribution < -0.4 is 10.8 Å². The van der Waals surface area contributed by atoms with E-state index in [9.17, 15) is 9.59 Å². The number of hydrogen-bond acceptors (Lipinski definition) is 6. The zero-order valence-corrected chi connectivity index (χ0v) is 17.3. The SMILES string of the molecule is COC(=O)NCc1ccc(-c2ccc([C@@]3(CC(=O)NO)CCCCS3)s2)cc1. The molecule has 1 aromatic heterocycles. The number of amides is 2. The molecule has 3 N–H and O–H groups in total. The summed E-state index contributed by atoms with van der Waals surface area (Å²) in [5.41, 5.74) is 3.88. The molecule has 0 saturated carbocycles. The Morgan fingerprint density at radius 2 is 1.96 bits per heavy atom. The molecule has 2 heterocycles. The number of ether oxygens (including phenoxy) is 1. The number of rotatable bonds is 6. The highest BCUT2D eigenvalue weighted by Gasteiger charge is 2.38. The maximum atomic E-state index is 11.9. The van der Waals surface area contributed by atoms with Crippen LogP contribution in [0.3, 0.4) is 0 Å². The van der Waals surface area contributed by atoms with Crippen LogP contribution in [0.15, 0.2) is 36.4 Å². The molecular weight excluding hydrogens is 396 g/mol. The van der Waals surface area contributed by atoms with Crippen molar-refractivity contribution in [2.45, 2.75) is 37.0 Å². The van der Waals surface area contributed by atoms with Gasteiger partial charge in [-0.1, -0.05) is 30.7 Å². The largest absolute Gasteiger partial charge is 0.453 e. The Morgan fingerprint density at radius 1 is 1.18 bits per heavy atom. The molecular formula is C20H24N2O4S2. The molecule has 1 fully saturated rings. The Kier molecular flexibility index (Phi) is 6.98. The third kappa shape index (κ3) is 4.87. The molecule has 6 nitrogen and oxygen atoms in total. The van der Waals surface area contributed by atoms with Crippen LogP contribution in [-0.2, 0) is 20.8 Å². The van der Waals surface area contributed by atoms with Gasteiger partial charge in [-0.25, -0.2) is 10.3 Å². The number of methoxy groups -OCH3 is 1. The number of thioether (sulfide) groups is 1. The first-order valence-corrected chi connectivity index (χ1v) is 10.9. The molecule has 1 aromatic carbocycles. The third-order valence-corrected chi connectivity index (χ3v) is 7.92. The van der Waals surface area contributed by atoms with Crippen molar-refractivity contribution in [2.24, 2.45) is 0 Å². The molecule has 1 atom stereocenters. The second kappa shape index (κ2) is 9.45. The zero-order chi connectivity index (χ0) is 20.0. The lowest BCUT2D eigenvalue weighted by atomic mass is 9.94. The number of carbonyl (C=O) groups excluding carboxylic acids is 2. The average molecular weight is 421 g/mol. The zero-order valence-electron chi connectivity index (χ0n) is 15.7. The van der Waals surface area contributed by atoms with Gasteiger partial charge in [-0.15, -0.1) is 23.1 Å². The molecule has 150 valence electrons. The number of nitrogens with one attached hydrogen (secondary N) is 2. The van der Waals surface area contributed by atoms with Gasteiger partial charge < -0.3 is 10.1 Å². The first-order chi connectivity index (χ1) is 13.6. The van der Waals surface area contributed by atoms with Gasteiger partial charge in [-0.3, -0.25) is 10.0 Å². The lowest BCUT2D eigenvalue weighted by molar-refractivity contribution is -0.129. The van der Waals surface area contributed by atoms with Gasteiger partial charge in [0.1, 0.15) is 0 Å². The topological polar surface area (TPSA) is 87.7 Å². The van der Waals surface area contributed by atoms with E-state index in [0.717, 1.165) is 41.0 Å². The molecule has 0 spiro atoms. The van der Waals surface area contributed by atoms with Crippen LogP contribution in [-0.4, -0.2) is 30.1 Å². The molecule has 2 amide bonds. The number of thiophene rings is 1. The maximum absolute atomic E-state index is 11.9. The van der Waals surface area contributed by atoms with Crippen LogP contribution >= 0.6 is 23.1 Å². The Hall–Kier alpha value is -2.03. The van der Waals surface area contributed by atoms with Crippen molar-refractivity contribution in [3.05, 3.63) is 46.8 Å². The van der Waals surface area contributed by atoms with Crippen molar-refractivity contribution in [3.8, 4) is 10.4 Å². The molecule has 0 radical (unpaired) electrons. The number of hydrogen-bond donors (Lipinski definition) is 3. The highest BCUT2D eigenvalue weighted by Crippen LogP contribution is 2.50. The van der Waals surface area contributed by atoms with Gasteiger partial charge in [0.2, 0.25) is 5.91 Å². The van der Waals surface area contributed by atoms with Crippen LogP contribution in [0, 0.1) is 0 Å². The van der Waals surface area contributed by atoms with E-state index < -0.39 is 6.09 Å². The fourth-order valence-corrected chi connectivity index (χ4v) is 6.24. The Bertz CT molecular complexity index is 814. The van der Waals surface area contributed by atoms with E-state index in [-0.39, 0.29) is 17.1 Å². The first kappa shape index (κ1) is 20.7. The summed E-state index contributed by atoms with van der Waals surface area (Å²) in [5, 5.41) is 11.7. The number of alkyl carbamates (subject to hydrolysis) is 1. The van der Waals surface area contributed by atoms with E-state index in [2.05, 4.69) is 22.2 Å². The molecule has 2 aromatic rings. The predicted octanol–water partition coefficient (Wildman–Crippen LogP) is 4.28. The lowest BCUT2D eigenvalue weighted by Crippen LogP contribution is -2.32. The smallest absolute Gasteiger partial charge is 0.407 e. The second-order valence-corrected chi connectivity index (χ2v) is 9.28. The summed E-state index contributed by atoms with van der Waals surface area (Å²) < 4.78 is 4.31. The van der Waals surface area contributed by atoms with Crippen LogP contribution in [0.5, 0.6) is 0 Å². The molecule has 1 aliphatic heterocycles. The van der Waals surface area contributed by atoms with Crippen molar-refractivity contribution in [3.63, 3.8) is 0 Å². The Morgan fingerprint density at radius 3 is 2.61 bits per heavy atom. The Labute approximate surface area is 172 Å². The molecule has 3 rings (SSSR count). The van der Waals surface area contributed by atoms with E-state index in [1.807, 2.05) is 36.0 Å². The molecule has 28 heavy (non-hydrogen) atoms. The second-order valence-electron chi connectivity index (χ2n) is 6.72. The molecule has 8 heteroatoms. The average Bonchev–Trinajstić information content (AvgIpc) is 3.24. The van der Waals surface area contributed by atoms with Gasteiger partial charge in [-0.05, 0) is 41.9 Å². The number of carbonyl (C=O) groups is 2. The van der Waals surface area contributed by atoms with Crippen molar-refractivity contribution in [1.29, 1.82) is 0 Å². The minimum atomic E-state index is -0.450. The van der Waals surface area contributed by atoms with Crippen LogP contribution in [0.25, 0.3) is 10.4 Å². The van der Waals surface area contributed by atoms with Crippen LogP contribution in [0.1, 0.15) is 36.1 Å². The normalized spacial score (nSPS) is 19.1. The summed E-state index contributed by atoms with van der Waals surface area (Å²) in [7, 11) is 1.34. The first-order valence-electron chi connectivity index (χ1n) is 9.15. The highest BCUT2D eigenvalue weighted by molar-refractivity contribution is 8.00. The third-order valence-electron chi connectivity index (χ3n) is 4.84. The number of benzene rings is 1. The van der Waals surface area contributed by atoms with Gasteiger partial charge in [-0.2, -0.15) is 0 Å². The highest BCUT2D eigenvalue weighted by atomic mass is 32.2. The van der Waals surface area contributed by atoms with Gasteiger partial charge in [0.25, 0.3) is 0 Å². The molecule has 0 unspecified atom stereocenters. The fraction of sp³-hybridized carbons (Fsp3) is 0.400. The van der Waals surface area contributed by atoms with E-state index in [1.165, 1.54) is 12.0 Å². The summed E-state index contributed by atoms with van der Waals surface area (Å²) in [6.45, 7) is 0.415. The van der Waals surface area contributed by atoms with Crippen molar-refractivity contribution in [2.75, 3.05) is 12.9 Å². The van der Waals surface area contributed by atoms with Gasteiger partial charge >= 0.3 is 6.09 Å². The maximum Gasteiger partial charge on any atom is 0.407 e. The van der Waals surface area contributed by atoms with Gasteiger partial charge in [0.15, 0.2) is 0 Å². The van der Waals surface area contributed by atoms with Crippen molar-refractivity contribution in [1.82, 2.24) is 10.8 Å². The van der Waals surface area contributed by atoms with Crippen LogP contribution in [0.4, 0.5) is 4.79 Å². The summed E-state index contributed by atoms with van der Waals surface area (Å²) in [4.78, 5) is 25.4. The molecule has 0 bridgehead atoms. The van der Waals surface area contributed by atoms with Gasteiger partial charge in [0, 0.05) is 22.7 Å². The minimum absolute atomic E-state index is 0.266. The van der Waals surface area contributed by atoms with Crippen molar-refractivity contribution >= 4 is 35.1 Å². The lowest BCUT2D eigenvalue weighted by Gasteiger charge is -2.35. The fourth-order valence-electron chi connectivity index (χ4n) is 3.34. The summed E-state index contributed by atoms with van der Waals surface area (Å²) >= 11 is 3.52. The van der Waals surface area contributed by atoms with E-state index in [0.29, 0.717) is 6.54 Å². The van der Waals surface area contributed by atoms with E-state index in [1.54, 1.807) is 16.8 Å². The van der Waals surface area contributed by atoms with E-state index in [4.69, 9.17) is 5.21 Å². The Balaban J connectivity index is 1.76. The molecule has 0 aliphatic carbocycles. The van der Waals surface area contributed by atoms with E-state index >= 15 is 0 Å². The summed E-state index contributed by atoms with van der Waals surface area (Å²) in [6.07, 6.45) is 3.01. The summed E-state index contributed by atoms with van der Waals surface area (Å²) in [5.74, 6) is 0.681. The standard InChI is InChI=1S/C20H24N2O4S2/c1-26-19(24)21-13-14-4-6-15(7-5-14)16-8-9-17(28-16)20(12-18(23)22-25)10-2-3-11-27-20/h4-9,25H,2-3,10-13H2,1H3,(H,21,24)(H,22,23)/t20-/m0/s1. The van der Waals surface area contributed by atoms with Crippen LogP contribution in [0.2, 0.25) is 0 Å². The van der Waals surface area contributed by atoms with Crippen molar-refractivity contribution < 1.29 is 19.5 Å². The van der Waals surface area contributed by atoms with Gasteiger partial charge in [0.05, 0.1) is 11.9 Å². The number of hydroxylamine groups is 1. The summed E-state index contributed by atoms with van der Waals surface area (Å²) in [6, 6.07) is 12.2. The quantitative estimate of drug-likeness (QED) is 0.480. The predicted molar refractivity (Wildman–Crippen MR) is 112 cm³/mol.